The molecule has 0 radical (unpaired) electrons. The Morgan fingerprint density at radius 1 is 0.640 bits per heavy atom. The summed E-state index contributed by atoms with van der Waals surface area (Å²) in [4.78, 5) is 14.6. The zero-order chi connectivity index (χ0) is 17.3. The third-order valence-corrected chi connectivity index (χ3v) is 4.01. The quantitative estimate of drug-likeness (QED) is 0.704. The summed E-state index contributed by atoms with van der Waals surface area (Å²) in [7, 11) is 0. The minimum absolute atomic E-state index is 0.0587. The Kier molecular flexibility index (Phi) is 5.83. The summed E-state index contributed by atoms with van der Waals surface area (Å²) in [6.45, 7) is 1.69. The van der Waals surface area contributed by atoms with Crippen LogP contribution in [0.1, 0.15) is 16.7 Å². The second kappa shape index (κ2) is 8.69. The van der Waals surface area contributed by atoms with Gasteiger partial charge in [0, 0.05) is 19.6 Å². The van der Waals surface area contributed by atoms with Crippen LogP contribution in [-0.2, 0) is 19.6 Å². The first-order valence-electron chi connectivity index (χ1n) is 8.46. The number of hydrogen-bond donors (Lipinski definition) is 1. The van der Waals surface area contributed by atoms with E-state index in [2.05, 4.69) is 5.32 Å². The average molecular weight is 330 g/mol. The molecule has 126 valence electrons. The molecule has 3 nitrogen and oxygen atoms in total. The predicted octanol–water partition coefficient (Wildman–Crippen LogP) is 4.60. The number of carbonyl (C=O) groups excluding carboxylic acids is 1. The number of urea groups is 1. The zero-order valence-electron chi connectivity index (χ0n) is 14.1. The van der Waals surface area contributed by atoms with Crippen LogP contribution < -0.4 is 5.32 Å². The summed E-state index contributed by atoms with van der Waals surface area (Å²) in [6.07, 6.45) is 0. The summed E-state index contributed by atoms with van der Waals surface area (Å²) in [5, 5.41) is 3.03. The zero-order valence-corrected chi connectivity index (χ0v) is 14.1. The van der Waals surface area contributed by atoms with Gasteiger partial charge in [0.1, 0.15) is 0 Å². The summed E-state index contributed by atoms with van der Waals surface area (Å²) in [5.74, 6) is 0. The van der Waals surface area contributed by atoms with E-state index in [-0.39, 0.29) is 6.03 Å². The first kappa shape index (κ1) is 16.8. The van der Waals surface area contributed by atoms with Gasteiger partial charge in [0.05, 0.1) is 0 Å². The fourth-order valence-corrected chi connectivity index (χ4v) is 2.69. The van der Waals surface area contributed by atoms with Crippen LogP contribution in [0, 0.1) is 0 Å². The molecule has 3 heteroatoms. The maximum absolute atomic E-state index is 12.7. The molecule has 1 N–H and O–H groups in total. The smallest absolute Gasteiger partial charge is 0.318 e. The highest BCUT2D eigenvalue weighted by molar-refractivity contribution is 5.74. The lowest BCUT2D eigenvalue weighted by molar-refractivity contribution is 0.192. The topological polar surface area (TPSA) is 32.3 Å². The van der Waals surface area contributed by atoms with Gasteiger partial charge in [0.2, 0.25) is 0 Å². The van der Waals surface area contributed by atoms with Gasteiger partial charge in [-0.2, -0.15) is 0 Å². The Hall–Kier alpha value is -3.07. The molecule has 0 atom stereocenters. The number of amides is 2. The van der Waals surface area contributed by atoms with Crippen molar-refractivity contribution in [3.63, 3.8) is 0 Å². The normalized spacial score (nSPS) is 10.2. The van der Waals surface area contributed by atoms with Crippen LogP contribution in [-0.4, -0.2) is 10.9 Å². The van der Waals surface area contributed by atoms with Crippen molar-refractivity contribution in [1.82, 2.24) is 10.2 Å². The van der Waals surface area contributed by atoms with Crippen molar-refractivity contribution in [2.45, 2.75) is 19.6 Å². The predicted molar refractivity (Wildman–Crippen MR) is 101 cm³/mol. The summed E-state index contributed by atoms with van der Waals surface area (Å²) in [6, 6.07) is 30.0. The molecule has 3 aromatic rings. The van der Waals surface area contributed by atoms with Crippen LogP contribution >= 0.6 is 0 Å². The van der Waals surface area contributed by atoms with Gasteiger partial charge in [-0.3, -0.25) is 0 Å². The van der Waals surface area contributed by atoms with Gasteiger partial charge in [0.25, 0.3) is 0 Å². The van der Waals surface area contributed by atoms with Crippen molar-refractivity contribution in [3.8, 4) is 0 Å². The van der Waals surface area contributed by atoms with Gasteiger partial charge in [-0.25, -0.2) is 4.79 Å². The van der Waals surface area contributed by atoms with Crippen molar-refractivity contribution in [1.29, 1.82) is 0 Å². The summed E-state index contributed by atoms with van der Waals surface area (Å²) < 4.78 is 0. The van der Waals surface area contributed by atoms with E-state index in [1.54, 1.807) is 0 Å². The van der Waals surface area contributed by atoms with Crippen LogP contribution in [0.15, 0.2) is 91.0 Å². The Bertz CT molecular complexity index is 731. The van der Waals surface area contributed by atoms with Crippen molar-refractivity contribution in [2.24, 2.45) is 0 Å². The molecule has 0 unspecified atom stereocenters. The van der Waals surface area contributed by atoms with Crippen LogP contribution in [0.2, 0.25) is 0 Å². The number of nitrogens with zero attached hydrogens (tertiary/aromatic N) is 1. The van der Waals surface area contributed by atoms with Gasteiger partial charge in [-0.15, -0.1) is 0 Å². The maximum Gasteiger partial charge on any atom is 0.318 e. The summed E-state index contributed by atoms with van der Waals surface area (Å²) >= 11 is 0. The maximum atomic E-state index is 12.7. The lowest BCUT2D eigenvalue weighted by Gasteiger charge is -2.23. The molecule has 0 aromatic heterocycles. The minimum Gasteiger partial charge on any atom is -0.334 e. The van der Waals surface area contributed by atoms with Gasteiger partial charge in [-0.05, 0) is 16.7 Å². The van der Waals surface area contributed by atoms with Crippen LogP contribution in [0.3, 0.4) is 0 Å². The molecule has 0 aliphatic carbocycles. The molecule has 0 spiro atoms. The van der Waals surface area contributed by atoms with E-state index in [1.807, 2.05) is 95.9 Å². The van der Waals surface area contributed by atoms with Gasteiger partial charge >= 0.3 is 6.03 Å². The average Bonchev–Trinajstić information content (AvgIpc) is 2.68. The van der Waals surface area contributed by atoms with Crippen molar-refractivity contribution < 1.29 is 4.79 Å². The van der Waals surface area contributed by atoms with Crippen molar-refractivity contribution in [2.75, 3.05) is 0 Å². The first-order valence-corrected chi connectivity index (χ1v) is 8.46. The van der Waals surface area contributed by atoms with Crippen LogP contribution in [0.5, 0.6) is 0 Å². The molecular formula is C22H22N2O. The monoisotopic (exact) mass is 330 g/mol. The Morgan fingerprint density at radius 3 is 1.48 bits per heavy atom. The standard InChI is InChI=1S/C22H22N2O/c25-22(23-16-19-10-4-1-5-11-19)24(17-20-12-6-2-7-13-20)18-21-14-8-3-9-15-21/h1-15H,16-18H2,(H,23,25). The molecule has 0 aliphatic rings. The molecule has 0 fully saturated rings. The minimum atomic E-state index is -0.0587. The molecule has 0 saturated carbocycles. The van der Waals surface area contributed by atoms with Crippen LogP contribution in [0.4, 0.5) is 4.79 Å². The SMILES string of the molecule is O=C(NCc1ccccc1)N(Cc1ccccc1)Cc1ccccc1. The third-order valence-electron chi connectivity index (χ3n) is 4.01. The Morgan fingerprint density at radius 2 is 1.04 bits per heavy atom. The molecule has 0 aliphatic heterocycles. The highest BCUT2D eigenvalue weighted by Crippen LogP contribution is 2.10. The summed E-state index contributed by atoms with van der Waals surface area (Å²) in [5.41, 5.74) is 3.33. The highest BCUT2D eigenvalue weighted by Gasteiger charge is 2.14. The van der Waals surface area contributed by atoms with Gasteiger partial charge < -0.3 is 10.2 Å². The first-order chi connectivity index (χ1) is 12.3. The molecule has 3 aromatic carbocycles. The van der Waals surface area contributed by atoms with E-state index in [4.69, 9.17) is 0 Å². The molecule has 0 heterocycles. The molecule has 3 rings (SSSR count). The van der Waals surface area contributed by atoms with E-state index in [0.29, 0.717) is 19.6 Å². The molecule has 25 heavy (non-hydrogen) atoms. The van der Waals surface area contributed by atoms with Crippen molar-refractivity contribution in [3.05, 3.63) is 108 Å². The number of carbonyl (C=O) groups is 1. The second-order valence-electron chi connectivity index (χ2n) is 5.97. The molecule has 0 saturated heterocycles. The van der Waals surface area contributed by atoms with E-state index in [0.717, 1.165) is 16.7 Å². The lowest BCUT2D eigenvalue weighted by Crippen LogP contribution is -2.38. The number of hydrogen-bond acceptors (Lipinski definition) is 1. The lowest BCUT2D eigenvalue weighted by atomic mass is 10.2. The van der Waals surface area contributed by atoms with Crippen LogP contribution in [0.25, 0.3) is 0 Å². The molecule has 0 bridgehead atoms. The largest absolute Gasteiger partial charge is 0.334 e. The van der Waals surface area contributed by atoms with Crippen molar-refractivity contribution >= 4 is 6.03 Å². The van der Waals surface area contributed by atoms with E-state index in [1.165, 1.54) is 0 Å². The van der Waals surface area contributed by atoms with Gasteiger partial charge in [0.15, 0.2) is 0 Å². The number of nitrogens with one attached hydrogen (secondary N) is 1. The van der Waals surface area contributed by atoms with E-state index in [9.17, 15) is 4.79 Å². The Labute approximate surface area is 148 Å². The number of rotatable bonds is 6. The Balaban J connectivity index is 1.69. The molecular weight excluding hydrogens is 308 g/mol. The van der Waals surface area contributed by atoms with E-state index >= 15 is 0 Å². The fraction of sp³-hybridized carbons (Fsp3) is 0.136. The van der Waals surface area contributed by atoms with Gasteiger partial charge in [-0.1, -0.05) is 91.0 Å². The third kappa shape index (κ3) is 5.21. The highest BCUT2D eigenvalue weighted by atomic mass is 16.2. The fourth-order valence-electron chi connectivity index (χ4n) is 2.69. The molecule has 2 amide bonds. The van der Waals surface area contributed by atoms with E-state index < -0.39 is 0 Å². The second-order valence-corrected chi connectivity index (χ2v) is 5.97. The number of benzene rings is 3.